The lowest BCUT2D eigenvalue weighted by Crippen LogP contribution is -2.25. The zero-order valence-electron chi connectivity index (χ0n) is 11.5. The normalized spacial score (nSPS) is 14.0. The molecule has 0 spiro atoms. The minimum Gasteiger partial charge on any atom is -0.333 e. The van der Waals surface area contributed by atoms with E-state index in [1.807, 2.05) is 0 Å². The van der Waals surface area contributed by atoms with Gasteiger partial charge in [-0.2, -0.15) is 5.10 Å². The Balaban J connectivity index is 1.61. The molecule has 0 atom stereocenters. The summed E-state index contributed by atoms with van der Waals surface area (Å²) in [5.74, 6) is 0.722. The van der Waals surface area contributed by atoms with E-state index in [1.54, 1.807) is 24.1 Å². The first-order valence-electron chi connectivity index (χ1n) is 6.64. The standard InChI is InChI=1S/C13H15N5O2S/c1-18(6-10-14-7-15-17-10)13(20)9-4-5-11(21-9)16-12(19)8-2-3-8/h4-5,7-8H,2-3,6H2,1H3,(H,16,19)(H,14,15,17). The number of hydrogen-bond donors (Lipinski definition) is 2. The van der Waals surface area contributed by atoms with Gasteiger partial charge in [0, 0.05) is 13.0 Å². The molecular formula is C13H15N5O2S. The third kappa shape index (κ3) is 3.27. The molecule has 2 aromatic rings. The molecular weight excluding hydrogens is 290 g/mol. The van der Waals surface area contributed by atoms with E-state index in [4.69, 9.17) is 0 Å². The first-order chi connectivity index (χ1) is 10.1. The zero-order chi connectivity index (χ0) is 14.8. The third-order valence-corrected chi connectivity index (χ3v) is 4.20. The van der Waals surface area contributed by atoms with Crippen LogP contribution < -0.4 is 5.32 Å². The van der Waals surface area contributed by atoms with E-state index >= 15 is 0 Å². The van der Waals surface area contributed by atoms with Gasteiger partial charge in [0.05, 0.1) is 16.4 Å². The number of amides is 2. The van der Waals surface area contributed by atoms with Gasteiger partial charge in [-0.3, -0.25) is 14.7 Å². The van der Waals surface area contributed by atoms with Crippen molar-refractivity contribution >= 4 is 28.2 Å². The molecule has 1 saturated carbocycles. The Morgan fingerprint density at radius 1 is 1.48 bits per heavy atom. The van der Waals surface area contributed by atoms with Crippen LogP contribution in [-0.4, -0.2) is 38.9 Å². The summed E-state index contributed by atoms with van der Waals surface area (Å²) in [4.78, 5) is 30.1. The molecule has 0 radical (unpaired) electrons. The van der Waals surface area contributed by atoms with Crippen LogP contribution in [0.5, 0.6) is 0 Å². The van der Waals surface area contributed by atoms with E-state index in [-0.39, 0.29) is 17.7 Å². The number of carbonyl (C=O) groups is 2. The molecule has 8 heteroatoms. The fraction of sp³-hybridized carbons (Fsp3) is 0.385. The third-order valence-electron chi connectivity index (χ3n) is 3.21. The number of rotatable bonds is 5. The molecule has 2 N–H and O–H groups in total. The van der Waals surface area contributed by atoms with E-state index in [9.17, 15) is 9.59 Å². The Morgan fingerprint density at radius 2 is 2.29 bits per heavy atom. The Kier molecular flexibility index (Phi) is 3.70. The smallest absolute Gasteiger partial charge is 0.264 e. The summed E-state index contributed by atoms with van der Waals surface area (Å²) in [6.07, 6.45) is 3.33. The monoisotopic (exact) mass is 305 g/mol. The van der Waals surface area contributed by atoms with Crippen molar-refractivity contribution in [3.8, 4) is 0 Å². The van der Waals surface area contributed by atoms with Crippen LogP contribution in [0.15, 0.2) is 18.5 Å². The van der Waals surface area contributed by atoms with Crippen molar-refractivity contribution < 1.29 is 9.59 Å². The van der Waals surface area contributed by atoms with Crippen molar-refractivity contribution in [1.82, 2.24) is 20.1 Å². The van der Waals surface area contributed by atoms with Gasteiger partial charge < -0.3 is 10.2 Å². The highest BCUT2D eigenvalue weighted by Crippen LogP contribution is 2.31. The number of nitrogens with zero attached hydrogens (tertiary/aromatic N) is 3. The first-order valence-corrected chi connectivity index (χ1v) is 7.45. The average molecular weight is 305 g/mol. The largest absolute Gasteiger partial charge is 0.333 e. The number of H-pyrrole nitrogens is 1. The second-order valence-electron chi connectivity index (χ2n) is 5.02. The molecule has 0 aliphatic heterocycles. The number of thiophene rings is 1. The molecule has 3 rings (SSSR count). The van der Waals surface area contributed by atoms with Crippen LogP contribution in [0.1, 0.15) is 28.3 Å². The highest BCUT2D eigenvalue weighted by molar-refractivity contribution is 7.18. The van der Waals surface area contributed by atoms with Gasteiger partial charge in [0.2, 0.25) is 5.91 Å². The summed E-state index contributed by atoms with van der Waals surface area (Å²) >= 11 is 1.29. The molecule has 0 bridgehead atoms. The van der Waals surface area contributed by atoms with Crippen molar-refractivity contribution in [2.24, 2.45) is 5.92 Å². The second-order valence-corrected chi connectivity index (χ2v) is 6.10. The second kappa shape index (κ2) is 5.65. The average Bonchev–Trinajstić information content (AvgIpc) is 3.01. The van der Waals surface area contributed by atoms with Gasteiger partial charge in [-0.05, 0) is 25.0 Å². The SMILES string of the molecule is CN(Cc1ncn[nH]1)C(=O)c1ccc(NC(=O)C2CC2)s1. The molecule has 7 nitrogen and oxygen atoms in total. The Labute approximate surface area is 125 Å². The number of hydrogen-bond acceptors (Lipinski definition) is 5. The van der Waals surface area contributed by atoms with Gasteiger partial charge in [-0.1, -0.05) is 0 Å². The number of nitrogens with one attached hydrogen (secondary N) is 2. The van der Waals surface area contributed by atoms with Gasteiger partial charge in [0.1, 0.15) is 12.2 Å². The Bertz CT molecular complexity index is 647. The molecule has 0 saturated heterocycles. The zero-order valence-corrected chi connectivity index (χ0v) is 12.3. The Hall–Kier alpha value is -2.22. The van der Waals surface area contributed by atoms with E-state index in [0.29, 0.717) is 22.2 Å². The van der Waals surface area contributed by atoms with Crippen molar-refractivity contribution in [2.45, 2.75) is 19.4 Å². The molecule has 1 fully saturated rings. The summed E-state index contributed by atoms with van der Waals surface area (Å²) in [5.41, 5.74) is 0. The molecule has 1 aliphatic rings. The summed E-state index contributed by atoms with van der Waals surface area (Å²) < 4.78 is 0. The maximum absolute atomic E-state index is 12.3. The van der Waals surface area contributed by atoms with E-state index in [2.05, 4.69) is 20.5 Å². The van der Waals surface area contributed by atoms with Gasteiger partial charge in [-0.15, -0.1) is 11.3 Å². The van der Waals surface area contributed by atoms with Gasteiger partial charge in [0.25, 0.3) is 5.91 Å². The molecule has 2 amide bonds. The van der Waals surface area contributed by atoms with Gasteiger partial charge in [0.15, 0.2) is 0 Å². The van der Waals surface area contributed by atoms with Crippen molar-refractivity contribution in [2.75, 3.05) is 12.4 Å². The number of carbonyl (C=O) groups excluding carboxylic acids is 2. The molecule has 1 aliphatic carbocycles. The lowest BCUT2D eigenvalue weighted by molar-refractivity contribution is -0.117. The van der Waals surface area contributed by atoms with Crippen LogP contribution in [0.25, 0.3) is 0 Å². The highest BCUT2D eigenvalue weighted by Gasteiger charge is 2.30. The van der Waals surface area contributed by atoms with E-state index < -0.39 is 0 Å². The summed E-state index contributed by atoms with van der Waals surface area (Å²) in [5, 5.41) is 10.0. The summed E-state index contributed by atoms with van der Waals surface area (Å²) in [6, 6.07) is 3.49. The van der Waals surface area contributed by atoms with E-state index in [0.717, 1.165) is 12.8 Å². The van der Waals surface area contributed by atoms with Crippen LogP contribution in [0.2, 0.25) is 0 Å². The molecule has 0 aromatic carbocycles. The fourth-order valence-electron chi connectivity index (χ4n) is 1.88. The lowest BCUT2D eigenvalue weighted by Gasteiger charge is -2.14. The quantitative estimate of drug-likeness (QED) is 0.875. The maximum atomic E-state index is 12.3. The minimum atomic E-state index is -0.108. The molecule has 2 aromatic heterocycles. The van der Waals surface area contributed by atoms with Crippen LogP contribution in [-0.2, 0) is 11.3 Å². The van der Waals surface area contributed by atoms with Gasteiger partial charge in [-0.25, -0.2) is 4.98 Å². The van der Waals surface area contributed by atoms with Crippen LogP contribution in [0, 0.1) is 5.92 Å². The minimum absolute atomic E-state index is 0.0471. The van der Waals surface area contributed by atoms with Gasteiger partial charge >= 0.3 is 0 Å². The molecule has 2 heterocycles. The number of aromatic amines is 1. The molecule has 21 heavy (non-hydrogen) atoms. The van der Waals surface area contributed by atoms with Crippen LogP contribution >= 0.6 is 11.3 Å². The van der Waals surface area contributed by atoms with E-state index in [1.165, 1.54) is 17.7 Å². The number of anilines is 1. The summed E-state index contributed by atoms with van der Waals surface area (Å²) in [6.45, 7) is 0.362. The molecule has 110 valence electrons. The fourth-order valence-corrected chi connectivity index (χ4v) is 2.78. The predicted molar refractivity (Wildman–Crippen MR) is 77.9 cm³/mol. The van der Waals surface area contributed by atoms with Crippen molar-refractivity contribution in [1.29, 1.82) is 0 Å². The lowest BCUT2D eigenvalue weighted by atomic mass is 10.4. The predicted octanol–water partition coefficient (Wildman–Crippen LogP) is 1.49. The van der Waals surface area contributed by atoms with Crippen LogP contribution in [0.3, 0.4) is 0 Å². The van der Waals surface area contributed by atoms with Crippen LogP contribution in [0.4, 0.5) is 5.00 Å². The maximum Gasteiger partial charge on any atom is 0.264 e. The van der Waals surface area contributed by atoms with Crippen molar-refractivity contribution in [3.63, 3.8) is 0 Å². The molecule has 0 unspecified atom stereocenters. The van der Waals surface area contributed by atoms with Crippen molar-refractivity contribution in [3.05, 3.63) is 29.2 Å². The highest BCUT2D eigenvalue weighted by atomic mass is 32.1. The summed E-state index contributed by atoms with van der Waals surface area (Å²) in [7, 11) is 1.70. The topological polar surface area (TPSA) is 91.0 Å². The number of aromatic nitrogens is 3. The Morgan fingerprint density at radius 3 is 2.95 bits per heavy atom. The first kappa shape index (κ1) is 13.7.